The summed E-state index contributed by atoms with van der Waals surface area (Å²) < 4.78 is 7.63. The molecule has 1 N–H and O–H groups in total. The molecule has 0 aliphatic heterocycles. The van der Waals surface area contributed by atoms with Gasteiger partial charge in [0.05, 0.1) is 17.4 Å². The zero-order chi connectivity index (χ0) is 17.5. The van der Waals surface area contributed by atoms with Crippen molar-refractivity contribution in [1.29, 1.82) is 0 Å². The normalized spacial score (nSPS) is 11.6. The first-order valence-corrected chi connectivity index (χ1v) is 8.69. The number of hydrogen-bond donors (Lipinski definition) is 1. The largest absolute Gasteiger partial charge is 0.351 e. The molecule has 5 aromatic rings. The van der Waals surface area contributed by atoms with Crippen LogP contribution in [0.25, 0.3) is 44.9 Å². The second kappa shape index (κ2) is 5.84. The standard InChI is InChI=1S/C20H17N5O/c1-2-9-25-12-21-16-11-14(7-8-18(16)25)19-23-20(26-24-19)17-10-13-5-3-4-6-15(13)22-17/h3-8,10-12,22H,2,9H2,1H3. The summed E-state index contributed by atoms with van der Waals surface area (Å²) in [5, 5.41) is 5.26. The van der Waals surface area contributed by atoms with Crippen LogP contribution in [-0.2, 0) is 6.54 Å². The highest BCUT2D eigenvalue weighted by Gasteiger charge is 2.14. The number of aryl methyl sites for hydroxylation is 1. The van der Waals surface area contributed by atoms with E-state index in [1.807, 2.05) is 48.8 Å². The molecule has 0 amide bonds. The minimum atomic E-state index is 0.479. The summed E-state index contributed by atoms with van der Waals surface area (Å²) in [7, 11) is 0. The van der Waals surface area contributed by atoms with Gasteiger partial charge in [-0.2, -0.15) is 4.98 Å². The van der Waals surface area contributed by atoms with Crippen LogP contribution in [0.15, 0.2) is 59.4 Å². The molecule has 0 unspecified atom stereocenters. The number of nitrogens with one attached hydrogen (secondary N) is 1. The molecule has 3 aromatic heterocycles. The van der Waals surface area contributed by atoms with Crippen molar-refractivity contribution in [3.05, 3.63) is 54.9 Å². The van der Waals surface area contributed by atoms with E-state index in [2.05, 4.69) is 37.7 Å². The van der Waals surface area contributed by atoms with Gasteiger partial charge in [-0.15, -0.1) is 0 Å². The Morgan fingerprint density at radius 2 is 2.04 bits per heavy atom. The highest BCUT2D eigenvalue weighted by molar-refractivity contribution is 5.85. The fourth-order valence-electron chi connectivity index (χ4n) is 3.26. The van der Waals surface area contributed by atoms with E-state index in [-0.39, 0.29) is 0 Å². The van der Waals surface area contributed by atoms with Gasteiger partial charge in [-0.25, -0.2) is 4.98 Å². The average Bonchev–Trinajstić information content (AvgIpc) is 3.39. The second-order valence-corrected chi connectivity index (χ2v) is 6.33. The van der Waals surface area contributed by atoms with Crippen LogP contribution in [0.4, 0.5) is 0 Å². The smallest absolute Gasteiger partial charge is 0.274 e. The molecular weight excluding hydrogens is 326 g/mol. The van der Waals surface area contributed by atoms with Gasteiger partial charge < -0.3 is 14.1 Å². The summed E-state index contributed by atoms with van der Waals surface area (Å²) >= 11 is 0. The van der Waals surface area contributed by atoms with Crippen LogP contribution in [0.3, 0.4) is 0 Å². The van der Waals surface area contributed by atoms with E-state index in [1.54, 1.807) is 0 Å². The lowest BCUT2D eigenvalue weighted by Crippen LogP contribution is -1.93. The molecule has 26 heavy (non-hydrogen) atoms. The van der Waals surface area contributed by atoms with E-state index >= 15 is 0 Å². The third kappa shape index (κ3) is 2.38. The number of rotatable bonds is 4. The Labute approximate surface area is 149 Å². The number of para-hydroxylation sites is 1. The number of H-pyrrole nitrogens is 1. The highest BCUT2D eigenvalue weighted by Crippen LogP contribution is 2.26. The van der Waals surface area contributed by atoms with Crippen molar-refractivity contribution >= 4 is 21.9 Å². The highest BCUT2D eigenvalue weighted by atomic mass is 16.5. The van der Waals surface area contributed by atoms with Gasteiger partial charge in [0.15, 0.2) is 0 Å². The molecule has 6 heteroatoms. The third-order valence-corrected chi connectivity index (χ3v) is 4.53. The number of imidazole rings is 1. The van der Waals surface area contributed by atoms with E-state index in [1.165, 1.54) is 0 Å². The predicted molar refractivity (Wildman–Crippen MR) is 101 cm³/mol. The van der Waals surface area contributed by atoms with Gasteiger partial charge in [-0.3, -0.25) is 0 Å². The lowest BCUT2D eigenvalue weighted by molar-refractivity contribution is 0.431. The summed E-state index contributed by atoms with van der Waals surface area (Å²) in [4.78, 5) is 12.4. The summed E-state index contributed by atoms with van der Waals surface area (Å²) in [6.45, 7) is 3.12. The first kappa shape index (κ1) is 14.9. The van der Waals surface area contributed by atoms with Crippen molar-refractivity contribution < 1.29 is 4.52 Å². The average molecular weight is 343 g/mol. The number of aromatic nitrogens is 5. The molecular formula is C20H17N5O. The first-order chi connectivity index (χ1) is 12.8. The number of fused-ring (bicyclic) bond motifs is 2. The van der Waals surface area contributed by atoms with Crippen molar-refractivity contribution in [2.45, 2.75) is 19.9 Å². The van der Waals surface area contributed by atoms with E-state index in [0.29, 0.717) is 11.7 Å². The fraction of sp³-hybridized carbons (Fsp3) is 0.150. The molecule has 3 heterocycles. The quantitative estimate of drug-likeness (QED) is 0.516. The molecule has 2 aromatic carbocycles. The van der Waals surface area contributed by atoms with Crippen LogP contribution in [0, 0.1) is 0 Å². The summed E-state index contributed by atoms with van der Waals surface area (Å²) in [5.74, 6) is 1.04. The minimum Gasteiger partial charge on any atom is -0.351 e. The van der Waals surface area contributed by atoms with Gasteiger partial charge in [0.1, 0.15) is 5.69 Å². The number of nitrogens with zero attached hydrogens (tertiary/aromatic N) is 4. The number of hydrogen-bond acceptors (Lipinski definition) is 4. The summed E-state index contributed by atoms with van der Waals surface area (Å²) in [5.41, 5.74) is 4.82. The Kier molecular flexibility index (Phi) is 3.35. The Bertz CT molecular complexity index is 1180. The zero-order valence-corrected chi connectivity index (χ0v) is 14.3. The van der Waals surface area contributed by atoms with Crippen LogP contribution in [-0.4, -0.2) is 24.7 Å². The maximum atomic E-state index is 5.47. The SMILES string of the molecule is CCCn1cnc2cc(-c3noc(-c4cc5ccccc5[nH]4)n3)ccc21. The lowest BCUT2D eigenvalue weighted by Gasteiger charge is -2.01. The van der Waals surface area contributed by atoms with Gasteiger partial charge in [-0.05, 0) is 36.8 Å². The molecule has 0 saturated heterocycles. The molecule has 0 saturated carbocycles. The molecule has 0 aliphatic carbocycles. The topological polar surface area (TPSA) is 72.5 Å². The van der Waals surface area contributed by atoms with Gasteiger partial charge in [0.2, 0.25) is 5.82 Å². The number of aromatic amines is 1. The maximum Gasteiger partial charge on any atom is 0.274 e. The minimum absolute atomic E-state index is 0.479. The Balaban J connectivity index is 1.52. The lowest BCUT2D eigenvalue weighted by atomic mass is 10.2. The Morgan fingerprint density at radius 1 is 1.12 bits per heavy atom. The molecule has 128 valence electrons. The Hall–Kier alpha value is -3.41. The first-order valence-electron chi connectivity index (χ1n) is 8.69. The summed E-state index contributed by atoms with van der Waals surface area (Å²) in [6, 6.07) is 16.2. The number of benzene rings is 2. The second-order valence-electron chi connectivity index (χ2n) is 6.33. The monoisotopic (exact) mass is 343 g/mol. The van der Waals surface area contributed by atoms with Crippen molar-refractivity contribution in [3.63, 3.8) is 0 Å². The van der Waals surface area contributed by atoms with Gasteiger partial charge >= 0.3 is 0 Å². The molecule has 5 rings (SSSR count). The fourth-order valence-corrected chi connectivity index (χ4v) is 3.26. The summed E-state index contributed by atoms with van der Waals surface area (Å²) in [6.07, 6.45) is 2.95. The van der Waals surface area contributed by atoms with Crippen molar-refractivity contribution in [3.8, 4) is 23.0 Å². The van der Waals surface area contributed by atoms with Crippen LogP contribution >= 0.6 is 0 Å². The van der Waals surface area contributed by atoms with Gasteiger partial charge in [0.25, 0.3) is 5.89 Å². The van der Waals surface area contributed by atoms with Gasteiger partial charge in [0, 0.05) is 23.0 Å². The molecule has 0 aliphatic rings. The third-order valence-electron chi connectivity index (χ3n) is 4.53. The van der Waals surface area contributed by atoms with Crippen LogP contribution in [0.5, 0.6) is 0 Å². The van der Waals surface area contributed by atoms with Crippen molar-refractivity contribution in [1.82, 2.24) is 24.7 Å². The Morgan fingerprint density at radius 3 is 2.92 bits per heavy atom. The molecule has 0 bridgehead atoms. The van der Waals surface area contributed by atoms with Crippen molar-refractivity contribution in [2.24, 2.45) is 0 Å². The van der Waals surface area contributed by atoms with E-state index in [0.717, 1.165) is 46.2 Å². The van der Waals surface area contributed by atoms with E-state index in [4.69, 9.17) is 4.52 Å². The molecule has 6 nitrogen and oxygen atoms in total. The van der Waals surface area contributed by atoms with Crippen LogP contribution < -0.4 is 0 Å². The van der Waals surface area contributed by atoms with Crippen molar-refractivity contribution in [2.75, 3.05) is 0 Å². The van der Waals surface area contributed by atoms with E-state index < -0.39 is 0 Å². The molecule has 0 fully saturated rings. The van der Waals surface area contributed by atoms with E-state index in [9.17, 15) is 0 Å². The molecule has 0 atom stereocenters. The zero-order valence-electron chi connectivity index (χ0n) is 14.3. The predicted octanol–water partition coefficient (Wildman–Crippen LogP) is 4.64. The molecule has 0 spiro atoms. The van der Waals surface area contributed by atoms with Crippen LogP contribution in [0.1, 0.15) is 13.3 Å². The van der Waals surface area contributed by atoms with Gasteiger partial charge in [-0.1, -0.05) is 30.3 Å². The maximum absolute atomic E-state index is 5.47. The molecule has 0 radical (unpaired) electrons. The van der Waals surface area contributed by atoms with Crippen LogP contribution in [0.2, 0.25) is 0 Å².